The first kappa shape index (κ1) is 22.0. The van der Waals surface area contributed by atoms with Gasteiger partial charge in [0.25, 0.3) is 0 Å². The number of benzene rings is 1. The molecule has 1 fully saturated rings. The number of fused-ring (bicyclic) bond motifs is 1. The van der Waals surface area contributed by atoms with Crippen LogP contribution in [0.4, 0.5) is 10.6 Å². The van der Waals surface area contributed by atoms with Crippen LogP contribution in [0.5, 0.6) is 6.01 Å². The number of aromatic amines is 1. The van der Waals surface area contributed by atoms with Crippen molar-refractivity contribution < 1.29 is 14.6 Å². The number of hydrogen-bond donors (Lipinski definition) is 4. The molecule has 4 N–H and O–H groups in total. The second-order valence-electron chi connectivity index (χ2n) is 7.90. The number of H-pyrrole nitrogens is 1. The molecule has 3 aromatic rings. The third kappa shape index (κ3) is 5.51. The predicted molar refractivity (Wildman–Crippen MR) is 121 cm³/mol. The molecule has 1 aliphatic rings. The highest BCUT2D eigenvalue weighted by atomic mass is 16.5. The summed E-state index contributed by atoms with van der Waals surface area (Å²) in [6.45, 7) is 7.68. The molecule has 10 heteroatoms. The number of carboxylic acid groups (broad SMARTS) is 1. The average molecular weight is 440 g/mol. The van der Waals surface area contributed by atoms with Crippen molar-refractivity contribution in [3.05, 3.63) is 41.1 Å². The molecule has 4 rings (SSSR count). The van der Waals surface area contributed by atoms with Gasteiger partial charge in [-0.15, -0.1) is 0 Å². The number of piperazine rings is 1. The number of amides is 1. The summed E-state index contributed by atoms with van der Waals surface area (Å²) in [6, 6.07) is 8.65. The Kier molecular flexibility index (Phi) is 7.13. The summed E-state index contributed by atoms with van der Waals surface area (Å²) in [7, 11) is 0. The SMILES string of the molecule is CCCCOc1nc(NC(=O)O)c2[nH]nc(Cc3ccc(CN4CCNCC4)cc3)c2n1. The molecule has 0 spiro atoms. The molecule has 1 aliphatic heterocycles. The number of hydrogen-bond acceptors (Lipinski definition) is 7. The highest BCUT2D eigenvalue weighted by Gasteiger charge is 2.17. The van der Waals surface area contributed by atoms with Crippen LogP contribution in [0.25, 0.3) is 11.0 Å². The van der Waals surface area contributed by atoms with Gasteiger partial charge in [-0.25, -0.2) is 4.79 Å². The van der Waals surface area contributed by atoms with E-state index in [1.54, 1.807) is 0 Å². The summed E-state index contributed by atoms with van der Waals surface area (Å²) in [4.78, 5) is 22.3. The molecule has 0 aliphatic carbocycles. The van der Waals surface area contributed by atoms with Gasteiger partial charge < -0.3 is 15.2 Å². The van der Waals surface area contributed by atoms with Crippen molar-refractivity contribution in [2.75, 3.05) is 38.1 Å². The zero-order chi connectivity index (χ0) is 22.3. The average Bonchev–Trinajstić information content (AvgIpc) is 3.19. The number of rotatable bonds is 9. The molecular formula is C22H29N7O3. The lowest BCUT2D eigenvalue weighted by atomic mass is 10.1. The van der Waals surface area contributed by atoms with Gasteiger partial charge in [0.05, 0.1) is 12.3 Å². The fourth-order valence-electron chi connectivity index (χ4n) is 3.70. The molecule has 2 aromatic heterocycles. The van der Waals surface area contributed by atoms with Crippen LogP contribution in [0.1, 0.15) is 36.6 Å². The first-order chi connectivity index (χ1) is 15.6. The van der Waals surface area contributed by atoms with Crippen LogP contribution in [-0.2, 0) is 13.0 Å². The molecule has 1 saturated heterocycles. The predicted octanol–water partition coefficient (Wildman–Crippen LogP) is 2.62. The van der Waals surface area contributed by atoms with E-state index >= 15 is 0 Å². The van der Waals surface area contributed by atoms with E-state index in [9.17, 15) is 4.79 Å². The van der Waals surface area contributed by atoms with Crippen molar-refractivity contribution in [1.82, 2.24) is 30.4 Å². The Morgan fingerprint density at radius 2 is 1.94 bits per heavy atom. The molecule has 0 unspecified atom stereocenters. The zero-order valence-electron chi connectivity index (χ0n) is 18.2. The Morgan fingerprint density at radius 3 is 2.66 bits per heavy atom. The zero-order valence-corrected chi connectivity index (χ0v) is 18.2. The topological polar surface area (TPSA) is 128 Å². The minimum atomic E-state index is -1.21. The third-order valence-corrected chi connectivity index (χ3v) is 5.43. The smallest absolute Gasteiger partial charge is 0.410 e. The first-order valence-corrected chi connectivity index (χ1v) is 11.0. The van der Waals surface area contributed by atoms with Gasteiger partial charge in [0.2, 0.25) is 0 Å². The number of unbranched alkanes of at least 4 members (excludes halogenated alkanes) is 1. The fraction of sp³-hybridized carbons (Fsp3) is 0.455. The highest BCUT2D eigenvalue weighted by Crippen LogP contribution is 2.25. The maximum Gasteiger partial charge on any atom is 0.410 e. The molecule has 10 nitrogen and oxygen atoms in total. The van der Waals surface area contributed by atoms with E-state index in [4.69, 9.17) is 9.84 Å². The summed E-state index contributed by atoms with van der Waals surface area (Å²) in [5.74, 6) is 0.138. The Bertz CT molecular complexity index is 1050. The van der Waals surface area contributed by atoms with Crippen molar-refractivity contribution >= 4 is 22.9 Å². The van der Waals surface area contributed by atoms with E-state index in [-0.39, 0.29) is 11.8 Å². The van der Waals surface area contributed by atoms with Crippen LogP contribution >= 0.6 is 0 Å². The van der Waals surface area contributed by atoms with Gasteiger partial charge in [-0.1, -0.05) is 37.6 Å². The van der Waals surface area contributed by atoms with Crippen LogP contribution in [0.3, 0.4) is 0 Å². The lowest BCUT2D eigenvalue weighted by molar-refractivity contribution is 0.209. The quantitative estimate of drug-likeness (QED) is 0.375. The maximum absolute atomic E-state index is 11.2. The summed E-state index contributed by atoms with van der Waals surface area (Å²) in [5.41, 5.74) is 4.10. The number of nitrogens with one attached hydrogen (secondary N) is 3. The molecule has 3 heterocycles. The molecule has 32 heavy (non-hydrogen) atoms. The molecule has 1 amide bonds. The second kappa shape index (κ2) is 10.4. The fourth-order valence-corrected chi connectivity index (χ4v) is 3.70. The number of nitrogens with zero attached hydrogens (tertiary/aromatic N) is 4. The van der Waals surface area contributed by atoms with E-state index < -0.39 is 6.09 Å². The van der Waals surface area contributed by atoms with E-state index in [1.807, 2.05) is 0 Å². The Balaban J connectivity index is 1.52. The lowest BCUT2D eigenvalue weighted by Crippen LogP contribution is -2.42. The van der Waals surface area contributed by atoms with Crippen LogP contribution in [0.15, 0.2) is 24.3 Å². The second-order valence-corrected chi connectivity index (χ2v) is 7.90. The maximum atomic E-state index is 11.2. The van der Waals surface area contributed by atoms with Gasteiger partial charge in [0.1, 0.15) is 11.0 Å². The largest absolute Gasteiger partial charge is 0.465 e. The van der Waals surface area contributed by atoms with Crippen molar-refractivity contribution in [2.24, 2.45) is 0 Å². The third-order valence-electron chi connectivity index (χ3n) is 5.43. The summed E-state index contributed by atoms with van der Waals surface area (Å²) >= 11 is 0. The molecule has 170 valence electrons. The summed E-state index contributed by atoms with van der Waals surface area (Å²) in [6.07, 6.45) is 1.19. The minimum absolute atomic E-state index is 0.138. The molecule has 0 radical (unpaired) electrons. The molecule has 1 aromatic carbocycles. The van der Waals surface area contributed by atoms with Crippen molar-refractivity contribution in [3.63, 3.8) is 0 Å². The monoisotopic (exact) mass is 439 g/mol. The molecule has 0 bridgehead atoms. The Morgan fingerprint density at radius 1 is 1.19 bits per heavy atom. The molecule has 0 saturated carbocycles. The van der Waals surface area contributed by atoms with Crippen LogP contribution < -0.4 is 15.4 Å². The van der Waals surface area contributed by atoms with Gasteiger partial charge >= 0.3 is 12.1 Å². The van der Waals surface area contributed by atoms with Gasteiger partial charge in [0, 0.05) is 39.1 Å². The Labute approximate surface area is 186 Å². The minimum Gasteiger partial charge on any atom is -0.465 e. The molecule has 0 atom stereocenters. The number of ether oxygens (including phenoxy) is 1. The molecular weight excluding hydrogens is 410 g/mol. The van der Waals surface area contributed by atoms with Gasteiger partial charge in [-0.2, -0.15) is 15.1 Å². The lowest BCUT2D eigenvalue weighted by Gasteiger charge is -2.27. The van der Waals surface area contributed by atoms with Gasteiger partial charge in [-0.05, 0) is 17.5 Å². The van der Waals surface area contributed by atoms with E-state index in [1.165, 1.54) is 5.56 Å². The normalized spacial score (nSPS) is 14.5. The Hall–Kier alpha value is -3.24. The highest BCUT2D eigenvalue weighted by molar-refractivity contribution is 5.94. The number of aromatic nitrogens is 4. The van der Waals surface area contributed by atoms with Crippen LogP contribution in [-0.4, -0.2) is 69.1 Å². The first-order valence-electron chi connectivity index (χ1n) is 11.0. The van der Waals surface area contributed by atoms with Gasteiger partial charge in [0.15, 0.2) is 5.82 Å². The van der Waals surface area contributed by atoms with Crippen molar-refractivity contribution in [2.45, 2.75) is 32.7 Å². The van der Waals surface area contributed by atoms with E-state index in [0.717, 1.165) is 51.1 Å². The van der Waals surface area contributed by atoms with Gasteiger partial charge in [-0.3, -0.25) is 15.3 Å². The standard InChI is InChI=1S/C22H29N7O3/c1-2-3-12-32-21-24-18-17(27-28-19(18)20(25-21)26-22(30)31)13-15-4-6-16(7-5-15)14-29-10-8-23-9-11-29/h4-7,23H,2-3,8-14H2,1H3,(H,27,28)(H,30,31)(H,24,25,26). The number of carbonyl (C=O) groups is 1. The van der Waals surface area contributed by atoms with Crippen molar-refractivity contribution in [1.29, 1.82) is 0 Å². The van der Waals surface area contributed by atoms with Crippen LogP contribution in [0.2, 0.25) is 0 Å². The summed E-state index contributed by atoms with van der Waals surface area (Å²) < 4.78 is 5.63. The van der Waals surface area contributed by atoms with Crippen molar-refractivity contribution in [3.8, 4) is 6.01 Å². The van der Waals surface area contributed by atoms with E-state index in [2.05, 4.69) is 66.9 Å². The van der Waals surface area contributed by atoms with E-state index in [0.29, 0.717) is 29.8 Å². The number of anilines is 1. The summed E-state index contributed by atoms with van der Waals surface area (Å²) in [5, 5.41) is 22.1. The van der Waals surface area contributed by atoms with Crippen LogP contribution in [0, 0.1) is 0 Å².